The number of hydrazone groups is 1. The zero-order chi connectivity index (χ0) is 19.1. The molecule has 0 spiro atoms. The molecule has 5 rings (SSSR count). The van der Waals surface area contributed by atoms with Crippen molar-refractivity contribution in [3.8, 4) is 5.75 Å². The van der Waals surface area contributed by atoms with Gasteiger partial charge in [0.05, 0.1) is 16.7 Å². The first-order chi connectivity index (χ1) is 13.7. The number of ether oxygens (including phenoxy) is 1. The number of benzene rings is 3. The highest BCUT2D eigenvalue weighted by Crippen LogP contribution is 2.47. The Kier molecular flexibility index (Phi) is 3.83. The van der Waals surface area contributed by atoms with Crippen molar-refractivity contribution in [2.75, 3.05) is 0 Å². The molecule has 6 nitrogen and oxygen atoms in total. The molecule has 0 fully saturated rings. The maximum atomic E-state index is 11.0. The maximum absolute atomic E-state index is 11.0. The first kappa shape index (κ1) is 16.5. The van der Waals surface area contributed by atoms with Crippen molar-refractivity contribution in [2.24, 2.45) is 5.10 Å². The van der Waals surface area contributed by atoms with E-state index in [-0.39, 0.29) is 11.7 Å². The molecule has 2 aliphatic rings. The van der Waals surface area contributed by atoms with Crippen molar-refractivity contribution in [1.82, 2.24) is 5.01 Å². The molecule has 0 saturated heterocycles. The van der Waals surface area contributed by atoms with E-state index in [4.69, 9.17) is 9.84 Å². The van der Waals surface area contributed by atoms with E-state index in [1.54, 1.807) is 12.1 Å². The van der Waals surface area contributed by atoms with Crippen LogP contribution in [0.25, 0.3) is 0 Å². The molecule has 2 unspecified atom stereocenters. The van der Waals surface area contributed by atoms with Crippen LogP contribution in [0, 0.1) is 10.1 Å². The summed E-state index contributed by atoms with van der Waals surface area (Å²) in [6, 6.07) is 24.7. The fourth-order valence-corrected chi connectivity index (χ4v) is 3.82. The Morgan fingerprint density at radius 2 is 1.68 bits per heavy atom. The Morgan fingerprint density at radius 1 is 0.964 bits per heavy atom. The number of nitro benzene ring substituents is 1. The summed E-state index contributed by atoms with van der Waals surface area (Å²) < 4.78 is 6.27. The molecular formula is C22H17N3O3. The number of para-hydroxylation sites is 1. The first-order valence-electron chi connectivity index (χ1n) is 9.12. The molecule has 0 bridgehead atoms. The average molecular weight is 371 g/mol. The second kappa shape index (κ2) is 6.49. The Balaban J connectivity index is 1.57. The normalized spacial score (nSPS) is 20.0. The number of nitrogens with zero attached hydrogens (tertiary/aromatic N) is 3. The predicted molar refractivity (Wildman–Crippen MR) is 105 cm³/mol. The monoisotopic (exact) mass is 371 g/mol. The van der Waals surface area contributed by atoms with Gasteiger partial charge in [0.2, 0.25) is 6.23 Å². The van der Waals surface area contributed by atoms with E-state index in [1.807, 2.05) is 41.4 Å². The van der Waals surface area contributed by atoms with Crippen LogP contribution >= 0.6 is 0 Å². The van der Waals surface area contributed by atoms with Gasteiger partial charge in [0.25, 0.3) is 5.69 Å². The van der Waals surface area contributed by atoms with Gasteiger partial charge in [-0.2, -0.15) is 5.10 Å². The van der Waals surface area contributed by atoms with Crippen molar-refractivity contribution in [2.45, 2.75) is 18.7 Å². The molecule has 138 valence electrons. The highest BCUT2D eigenvalue weighted by Gasteiger charge is 2.40. The standard InChI is InChI=1S/C22H17N3O3/c26-25(27)17-12-10-16(11-13-17)22-24-20(18-8-4-5-9-21(18)28-22)14-19(23-24)15-6-2-1-3-7-15/h1-13,20,22H,14H2. The van der Waals surface area contributed by atoms with Crippen molar-refractivity contribution in [3.63, 3.8) is 0 Å². The van der Waals surface area contributed by atoms with E-state index in [0.717, 1.165) is 34.6 Å². The molecule has 2 atom stereocenters. The molecule has 3 aromatic rings. The fourth-order valence-electron chi connectivity index (χ4n) is 3.82. The summed E-state index contributed by atoms with van der Waals surface area (Å²) in [4.78, 5) is 10.6. The van der Waals surface area contributed by atoms with Crippen LogP contribution in [0.4, 0.5) is 5.69 Å². The van der Waals surface area contributed by atoms with Gasteiger partial charge in [-0.15, -0.1) is 0 Å². The highest BCUT2D eigenvalue weighted by molar-refractivity contribution is 6.01. The van der Waals surface area contributed by atoms with E-state index in [9.17, 15) is 10.1 Å². The lowest BCUT2D eigenvalue weighted by molar-refractivity contribution is -0.384. The van der Waals surface area contributed by atoms with Gasteiger partial charge in [-0.3, -0.25) is 10.1 Å². The van der Waals surface area contributed by atoms with Crippen LogP contribution < -0.4 is 4.74 Å². The molecular weight excluding hydrogens is 354 g/mol. The fraction of sp³-hybridized carbons (Fsp3) is 0.136. The van der Waals surface area contributed by atoms with Crippen LogP contribution in [0.15, 0.2) is 84.0 Å². The van der Waals surface area contributed by atoms with Crippen LogP contribution in [0.1, 0.15) is 35.4 Å². The molecule has 6 heteroatoms. The van der Waals surface area contributed by atoms with Gasteiger partial charge < -0.3 is 4.74 Å². The van der Waals surface area contributed by atoms with Gasteiger partial charge in [0.15, 0.2) is 0 Å². The van der Waals surface area contributed by atoms with E-state index in [2.05, 4.69) is 18.2 Å². The highest BCUT2D eigenvalue weighted by atomic mass is 16.6. The quantitative estimate of drug-likeness (QED) is 0.488. The molecule has 0 saturated carbocycles. The van der Waals surface area contributed by atoms with Crippen LogP contribution in [-0.4, -0.2) is 15.6 Å². The molecule has 0 aromatic heterocycles. The maximum Gasteiger partial charge on any atom is 0.269 e. The van der Waals surface area contributed by atoms with Crippen molar-refractivity contribution in [1.29, 1.82) is 0 Å². The number of fused-ring (bicyclic) bond motifs is 3. The smallest absolute Gasteiger partial charge is 0.269 e. The number of hydrogen-bond donors (Lipinski definition) is 0. The Labute approximate surface area is 161 Å². The summed E-state index contributed by atoms with van der Waals surface area (Å²) in [6.07, 6.45) is 0.357. The van der Waals surface area contributed by atoms with Gasteiger partial charge in [0.1, 0.15) is 5.75 Å². The minimum atomic E-state index is -0.429. The summed E-state index contributed by atoms with van der Waals surface area (Å²) in [5.74, 6) is 0.830. The van der Waals surface area contributed by atoms with Crippen LogP contribution in [0.3, 0.4) is 0 Å². The van der Waals surface area contributed by atoms with Gasteiger partial charge in [-0.1, -0.05) is 48.5 Å². The molecule has 3 aromatic carbocycles. The number of non-ortho nitro benzene ring substituents is 1. The van der Waals surface area contributed by atoms with Gasteiger partial charge >= 0.3 is 0 Å². The number of rotatable bonds is 3. The van der Waals surface area contributed by atoms with E-state index in [1.165, 1.54) is 12.1 Å². The SMILES string of the molecule is O=[N+]([O-])c1ccc(C2Oc3ccccc3C3CC(c4ccccc4)=NN32)cc1. The van der Waals surface area contributed by atoms with Gasteiger partial charge in [0, 0.05) is 29.7 Å². The molecule has 0 aliphatic carbocycles. The Bertz CT molecular complexity index is 1060. The summed E-state index contributed by atoms with van der Waals surface area (Å²) in [7, 11) is 0. The molecule has 0 amide bonds. The third-order valence-electron chi connectivity index (χ3n) is 5.20. The lowest BCUT2D eigenvalue weighted by Gasteiger charge is -2.38. The van der Waals surface area contributed by atoms with Gasteiger partial charge in [-0.05, 0) is 23.8 Å². The minimum Gasteiger partial charge on any atom is -0.464 e. The Morgan fingerprint density at radius 3 is 2.43 bits per heavy atom. The summed E-state index contributed by atoms with van der Waals surface area (Å²) in [5.41, 5.74) is 4.11. The summed E-state index contributed by atoms with van der Waals surface area (Å²) in [5, 5.41) is 17.8. The van der Waals surface area contributed by atoms with Crippen molar-refractivity contribution < 1.29 is 9.66 Å². The van der Waals surface area contributed by atoms with E-state index < -0.39 is 11.2 Å². The van der Waals surface area contributed by atoms with E-state index >= 15 is 0 Å². The topological polar surface area (TPSA) is 68.0 Å². The lowest BCUT2D eigenvalue weighted by atomic mass is 9.96. The number of nitro groups is 1. The second-order valence-electron chi connectivity index (χ2n) is 6.87. The lowest BCUT2D eigenvalue weighted by Crippen LogP contribution is -2.33. The minimum absolute atomic E-state index is 0.0615. The molecule has 28 heavy (non-hydrogen) atoms. The van der Waals surface area contributed by atoms with Crippen LogP contribution in [0.5, 0.6) is 5.75 Å². The van der Waals surface area contributed by atoms with E-state index in [0.29, 0.717) is 0 Å². The van der Waals surface area contributed by atoms with Crippen LogP contribution in [0.2, 0.25) is 0 Å². The zero-order valence-corrected chi connectivity index (χ0v) is 14.9. The Hall–Kier alpha value is -3.67. The summed E-state index contributed by atoms with van der Waals surface area (Å²) in [6.45, 7) is 0. The summed E-state index contributed by atoms with van der Waals surface area (Å²) >= 11 is 0. The molecule has 2 heterocycles. The largest absolute Gasteiger partial charge is 0.464 e. The predicted octanol–water partition coefficient (Wildman–Crippen LogP) is 4.84. The molecule has 0 N–H and O–H groups in total. The second-order valence-corrected chi connectivity index (χ2v) is 6.87. The zero-order valence-electron chi connectivity index (χ0n) is 14.9. The third-order valence-corrected chi connectivity index (χ3v) is 5.20. The number of hydrogen-bond acceptors (Lipinski definition) is 5. The first-order valence-corrected chi connectivity index (χ1v) is 9.12. The van der Waals surface area contributed by atoms with Crippen LogP contribution in [-0.2, 0) is 0 Å². The van der Waals surface area contributed by atoms with Gasteiger partial charge in [-0.25, -0.2) is 5.01 Å². The molecule has 2 aliphatic heterocycles. The van der Waals surface area contributed by atoms with Crippen molar-refractivity contribution >= 4 is 11.4 Å². The van der Waals surface area contributed by atoms with Crippen molar-refractivity contribution in [3.05, 3.63) is 106 Å². The average Bonchev–Trinajstić information content (AvgIpc) is 3.20. The third kappa shape index (κ3) is 2.70. The molecule has 0 radical (unpaired) electrons.